The maximum atomic E-state index is 13.3. The van der Waals surface area contributed by atoms with E-state index in [0.717, 1.165) is 29.6 Å². The van der Waals surface area contributed by atoms with E-state index < -0.39 is 10.2 Å². The fraction of sp³-hybridized carbons (Fsp3) is 0.500. The predicted molar refractivity (Wildman–Crippen MR) is 113 cm³/mol. The highest BCUT2D eigenvalue weighted by Crippen LogP contribution is 2.25. The number of hydrogen-bond acceptors (Lipinski definition) is 5. The minimum atomic E-state index is -3.42. The zero-order valence-electron chi connectivity index (χ0n) is 16.9. The van der Waals surface area contributed by atoms with Gasteiger partial charge in [-0.05, 0) is 25.0 Å². The third kappa shape index (κ3) is 3.82. The Labute approximate surface area is 171 Å². The number of rotatable bonds is 4. The first-order valence-electron chi connectivity index (χ1n) is 9.99. The smallest absolute Gasteiger partial charge is 0.282 e. The molecule has 1 amide bonds. The SMILES string of the molecule is CN(C)c1cc(C(=O)N2CCN(S(=O)(=O)N3CCCC3)CC2)c2ccccc2n1. The number of amides is 1. The van der Waals surface area contributed by atoms with E-state index in [1.54, 1.807) is 9.21 Å². The summed E-state index contributed by atoms with van der Waals surface area (Å²) in [5.41, 5.74) is 1.38. The number of carbonyl (C=O) groups excluding carboxylic acids is 1. The van der Waals surface area contributed by atoms with Gasteiger partial charge in [0.15, 0.2) is 0 Å². The molecule has 0 radical (unpaired) electrons. The average Bonchev–Trinajstić information content (AvgIpc) is 3.28. The fourth-order valence-corrected chi connectivity index (χ4v) is 5.61. The van der Waals surface area contributed by atoms with Gasteiger partial charge < -0.3 is 9.80 Å². The number of carbonyl (C=O) groups is 1. The molecule has 0 atom stereocenters. The molecule has 2 aliphatic heterocycles. The van der Waals surface area contributed by atoms with Gasteiger partial charge in [-0.2, -0.15) is 17.0 Å². The molecule has 156 valence electrons. The Hall–Kier alpha value is -2.23. The first-order chi connectivity index (χ1) is 13.9. The zero-order chi connectivity index (χ0) is 20.6. The van der Waals surface area contributed by atoms with E-state index in [-0.39, 0.29) is 5.91 Å². The monoisotopic (exact) mass is 417 g/mol. The second-order valence-corrected chi connectivity index (χ2v) is 9.67. The molecule has 0 unspecified atom stereocenters. The van der Waals surface area contributed by atoms with Crippen molar-refractivity contribution in [1.82, 2.24) is 18.5 Å². The molecule has 0 bridgehead atoms. The molecule has 1 aromatic heterocycles. The van der Waals surface area contributed by atoms with Gasteiger partial charge in [0.25, 0.3) is 16.1 Å². The Bertz CT molecular complexity index is 1010. The van der Waals surface area contributed by atoms with Crippen molar-refractivity contribution < 1.29 is 13.2 Å². The van der Waals surface area contributed by atoms with Gasteiger partial charge in [0, 0.05) is 58.8 Å². The van der Waals surface area contributed by atoms with E-state index in [9.17, 15) is 13.2 Å². The Morgan fingerprint density at radius 1 is 0.966 bits per heavy atom. The van der Waals surface area contributed by atoms with E-state index in [1.165, 1.54) is 4.31 Å². The number of fused-ring (bicyclic) bond motifs is 1. The minimum absolute atomic E-state index is 0.0788. The average molecular weight is 418 g/mol. The topological polar surface area (TPSA) is 77.1 Å². The van der Waals surface area contributed by atoms with Crippen LogP contribution in [0.3, 0.4) is 0 Å². The molecule has 8 nitrogen and oxygen atoms in total. The van der Waals surface area contributed by atoms with Crippen LogP contribution < -0.4 is 4.90 Å². The standard InChI is InChI=1S/C20H27N5O3S/c1-22(2)19-15-17(16-7-3-4-8-18(16)21-19)20(26)23-11-13-25(14-12-23)29(27,28)24-9-5-6-10-24/h3-4,7-8,15H,5-6,9-14H2,1-2H3. The van der Waals surface area contributed by atoms with Crippen LogP contribution in [0.5, 0.6) is 0 Å². The molecule has 2 fully saturated rings. The molecule has 2 aliphatic rings. The lowest BCUT2D eigenvalue weighted by Crippen LogP contribution is -2.53. The predicted octanol–water partition coefficient (Wildman–Crippen LogP) is 1.40. The number of anilines is 1. The van der Waals surface area contributed by atoms with Crippen molar-refractivity contribution in [2.75, 3.05) is 58.3 Å². The van der Waals surface area contributed by atoms with Crippen LogP contribution in [-0.2, 0) is 10.2 Å². The molecule has 1 aromatic carbocycles. The van der Waals surface area contributed by atoms with Crippen LogP contribution in [0.2, 0.25) is 0 Å². The molecule has 2 aromatic rings. The number of nitrogens with zero attached hydrogens (tertiary/aromatic N) is 5. The second kappa shape index (κ2) is 7.89. The summed E-state index contributed by atoms with van der Waals surface area (Å²) in [6, 6.07) is 9.43. The Morgan fingerprint density at radius 2 is 1.59 bits per heavy atom. The summed E-state index contributed by atoms with van der Waals surface area (Å²) < 4.78 is 28.6. The van der Waals surface area contributed by atoms with Gasteiger partial charge in [-0.25, -0.2) is 4.98 Å². The first-order valence-corrected chi connectivity index (χ1v) is 11.4. The van der Waals surface area contributed by atoms with E-state index in [1.807, 2.05) is 49.3 Å². The van der Waals surface area contributed by atoms with Gasteiger partial charge in [-0.1, -0.05) is 18.2 Å². The summed E-state index contributed by atoms with van der Waals surface area (Å²) in [6.45, 7) is 2.62. The van der Waals surface area contributed by atoms with Gasteiger partial charge in [0.05, 0.1) is 11.1 Å². The highest BCUT2D eigenvalue weighted by molar-refractivity contribution is 7.86. The lowest BCUT2D eigenvalue weighted by Gasteiger charge is -2.36. The molecule has 2 saturated heterocycles. The minimum Gasteiger partial charge on any atom is -0.363 e. The van der Waals surface area contributed by atoms with Gasteiger partial charge in [0.2, 0.25) is 0 Å². The normalized spacial score (nSPS) is 19.0. The first kappa shape index (κ1) is 20.1. The molecular formula is C20H27N5O3S. The lowest BCUT2D eigenvalue weighted by molar-refractivity contribution is 0.0696. The van der Waals surface area contributed by atoms with E-state index in [4.69, 9.17) is 0 Å². The maximum absolute atomic E-state index is 13.3. The quantitative estimate of drug-likeness (QED) is 0.752. The second-order valence-electron chi connectivity index (χ2n) is 7.74. The van der Waals surface area contributed by atoms with Crippen LogP contribution >= 0.6 is 0 Å². The van der Waals surface area contributed by atoms with Crippen molar-refractivity contribution in [2.24, 2.45) is 0 Å². The Morgan fingerprint density at radius 3 is 2.24 bits per heavy atom. The van der Waals surface area contributed by atoms with Crippen LogP contribution in [0, 0.1) is 0 Å². The van der Waals surface area contributed by atoms with Gasteiger partial charge >= 0.3 is 0 Å². The van der Waals surface area contributed by atoms with Crippen molar-refractivity contribution >= 4 is 32.8 Å². The largest absolute Gasteiger partial charge is 0.363 e. The highest BCUT2D eigenvalue weighted by atomic mass is 32.2. The van der Waals surface area contributed by atoms with Gasteiger partial charge in [0.1, 0.15) is 5.82 Å². The molecule has 4 rings (SSSR count). The number of benzene rings is 1. The summed E-state index contributed by atoms with van der Waals surface area (Å²) in [6.07, 6.45) is 1.84. The van der Waals surface area contributed by atoms with Crippen LogP contribution in [0.25, 0.3) is 10.9 Å². The Balaban J connectivity index is 1.54. The third-order valence-electron chi connectivity index (χ3n) is 5.63. The summed E-state index contributed by atoms with van der Waals surface area (Å²) in [7, 11) is 0.376. The van der Waals surface area contributed by atoms with Crippen LogP contribution in [0.1, 0.15) is 23.2 Å². The molecule has 9 heteroatoms. The van der Waals surface area contributed by atoms with Crippen molar-refractivity contribution in [3.05, 3.63) is 35.9 Å². The fourth-order valence-electron chi connectivity index (χ4n) is 3.94. The number of para-hydroxylation sites is 1. The summed E-state index contributed by atoms with van der Waals surface area (Å²) in [5, 5.41) is 0.815. The van der Waals surface area contributed by atoms with Crippen molar-refractivity contribution in [3.63, 3.8) is 0 Å². The molecular weight excluding hydrogens is 390 g/mol. The van der Waals surface area contributed by atoms with Crippen LogP contribution in [0.15, 0.2) is 30.3 Å². The van der Waals surface area contributed by atoms with E-state index in [0.29, 0.717) is 44.8 Å². The molecule has 0 saturated carbocycles. The van der Waals surface area contributed by atoms with Crippen molar-refractivity contribution in [1.29, 1.82) is 0 Å². The molecule has 0 aliphatic carbocycles. The number of hydrogen-bond donors (Lipinski definition) is 0. The molecule has 29 heavy (non-hydrogen) atoms. The molecule has 3 heterocycles. The lowest BCUT2D eigenvalue weighted by atomic mass is 10.1. The number of aromatic nitrogens is 1. The summed E-state index contributed by atoms with van der Waals surface area (Å²) >= 11 is 0. The maximum Gasteiger partial charge on any atom is 0.282 e. The van der Waals surface area contributed by atoms with Gasteiger partial charge in [-0.15, -0.1) is 0 Å². The molecule has 0 spiro atoms. The van der Waals surface area contributed by atoms with Crippen LogP contribution in [0.4, 0.5) is 5.82 Å². The third-order valence-corrected chi connectivity index (χ3v) is 7.67. The Kier molecular flexibility index (Phi) is 5.46. The van der Waals surface area contributed by atoms with Crippen molar-refractivity contribution in [3.8, 4) is 0 Å². The zero-order valence-corrected chi connectivity index (χ0v) is 17.7. The molecule has 0 N–H and O–H groups in total. The number of pyridine rings is 1. The summed E-state index contributed by atoms with van der Waals surface area (Å²) in [5.74, 6) is 0.646. The van der Waals surface area contributed by atoms with E-state index >= 15 is 0 Å². The summed E-state index contributed by atoms with van der Waals surface area (Å²) in [4.78, 5) is 21.5. The van der Waals surface area contributed by atoms with E-state index in [2.05, 4.69) is 4.98 Å². The highest BCUT2D eigenvalue weighted by Gasteiger charge is 2.35. The van der Waals surface area contributed by atoms with Crippen LogP contribution in [-0.4, -0.2) is 86.2 Å². The number of piperazine rings is 1. The van der Waals surface area contributed by atoms with Gasteiger partial charge in [-0.3, -0.25) is 4.79 Å². The van der Waals surface area contributed by atoms with Crippen molar-refractivity contribution in [2.45, 2.75) is 12.8 Å².